The molecule has 0 atom stereocenters. The molecule has 2 aromatic rings. The highest BCUT2D eigenvalue weighted by Gasteiger charge is 2.11. The standard InChI is InChI=1S/C16H18FNO2S2/c1-13-5-7-16(8-6-13)21-10-9-18-22(19,20)12-14-3-2-4-15(17)11-14/h2-8,11,18H,9-10,12H2,1H3. The van der Waals surface area contributed by atoms with Crippen molar-refractivity contribution in [2.45, 2.75) is 17.6 Å². The Morgan fingerprint density at radius 2 is 1.86 bits per heavy atom. The predicted octanol–water partition coefficient (Wildman–Crippen LogP) is 3.35. The summed E-state index contributed by atoms with van der Waals surface area (Å²) in [7, 11) is -3.44. The van der Waals surface area contributed by atoms with Crippen LogP contribution in [0.3, 0.4) is 0 Å². The Labute approximate surface area is 135 Å². The molecule has 0 fully saturated rings. The minimum absolute atomic E-state index is 0.208. The van der Waals surface area contributed by atoms with Crippen molar-refractivity contribution in [3.8, 4) is 0 Å². The zero-order valence-electron chi connectivity index (χ0n) is 12.3. The highest BCUT2D eigenvalue weighted by atomic mass is 32.2. The SMILES string of the molecule is Cc1ccc(SCCNS(=O)(=O)Cc2cccc(F)c2)cc1. The van der Waals surface area contributed by atoms with Crippen LogP contribution in [-0.2, 0) is 15.8 Å². The number of aryl methyl sites for hydroxylation is 1. The van der Waals surface area contributed by atoms with Gasteiger partial charge in [-0.25, -0.2) is 17.5 Å². The molecule has 22 heavy (non-hydrogen) atoms. The van der Waals surface area contributed by atoms with Gasteiger partial charge < -0.3 is 0 Å². The lowest BCUT2D eigenvalue weighted by atomic mass is 10.2. The fourth-order valence-corrected chi connectivity index (χ4v) is 3.93. The van der Waals surface area contributed by atoms with E-state index in [-0.39, 0.29) is 5.75 Å². The van der Waals surface area contributed by atoms with Crippen LogP contribution < -0.4 is 4.72 Å². The average molecular weight is 339 g/mol. The molecular formula is C16H18FNO2S2. The average Bonchev–Trinajstić information content (AvgIpc) is 2.45. The Morgan fingerprint density at radius 1 is 1.14 bits per heavy atom. The summed E-state index contributed by atoms with van der Waals surface area (Å²) in [6.45, 7) is 2.37. The van der Waals surface area contributed by atoms with Gasteiger partial charge in [-0.05, 0) is 36.8 Å². The summed E-state index contributed by atoms with van der Waals surface area (Å²) in [6.07, 6.45) is 0. The van der Waals surface area contributed by atoms with Crippen molar-refractivity contribution in [3.63, 3.8) is 0 Å². The molecule has 0 spiro atoms. The van der Waals surface area contributed by atoms with Crippen LogP contribution in [0, 0.1) is 12.7 Å². The van der Waals surface area contributed by atoms with Crippen LogP contribution in [-0.4, -0.2) is 20.7 Å². The normalized spacial score (nSPS) is 11.5. The molecule has 0 bridgehead atoms. The van der Waals surface area contributed by atoms with Crippen LogP contribution in [0.2, 0.25) is 0 Å². The van der Waals surface area contributed by atoms with E-state index in [9.17, 15) is 12.8 Å². The number of benzene rings is 2. The molecule has 6 heteroatoms. The second kappa shape index (κ2) is 7.76. The first-order valence-electron chi connectivity index (χ1n) is 6.86. The minimum atomic E-state index is -3.44. The third-order valence-electron chi connectivity index (χ3n) is 2.96. The summed E-state index contributed by atoms with van der Waals surface area (Å²) in [6, 6.07) is 13.7. The number of halogens is 1. The van der Waals surface area contributed by atoms with Gasteiger partial charge in [0.2, 0.25) is 10.0 Å². The maximum absolute atomic E-state index is 13.0. The van der Waals surface area contributed by atoms with Gasteiger partial charge in [0, 0.05) is 17.2 Å². The lowest BCUT2D eigenvalue weighted by Gasteiger charge is -2.07. The van der Waals surface area contributed by atoms with E-state index in [0.717, 1.165) is 4.90 Å². The van der Waals surface area contributed by atoms with Gasteiger partial charge in [-0.15, -0.1) is 11.8 Å². The summed E-state index contributed by atoms with van der Waals surface area (Å²) < 4.78 is 39.4. The molecule has 118 valence electrons. The van der Waals surface area contributed by atoms with Gasteiger partial charge in [0.05, 0.1) is 5.75 Å². The van der Waals surface area contributed by atoms with Gasteiger partial charge in [0.25, 0.3) is 0 Å². The smallest absolute Gasteiger partial charge is 0.214 e. The van der Waals surface area contributed by atoms with E-state index in [2.05, 4.69) is 4.72 Å². The van der Waals surface area contributed by atoms with E-state index in [4.69, 9.17) is 0 Å². The highest BCUT2D eigenvalue weighted by molar-refractivity contribution is 7.99. The van der Waals surface area contributed by atoms with Gasteiger partial charge in [-0.2, -0.15) is 0 Å². The summed E-state index contributed by atoms with van der Waals surface area (Å²) in [5, 5.41) is 0. The molecule has 0 aliphatic carbocycles. The number of hydrogen-bond acceptors (Lipinski definition) is 3. The fourth-order valence-electron chi connectivity index (χ4n) is 1.90. The summed E-state index contributed by atoms with van der Waals surface area (Å²) in [5.74, 6) is 0.00779. The van der Waals surface area contributed by atoms with Crippen LogP contribution in [0.25, 0.3) is 0 Å². The number of nitrogens with one attached hydrogen (secondary N) is 1. The van der Waals surface area contributed by atoms with E-state index < -0.39 is 15.8 Å². The van der Waals surface area contributed by atoms with E-state index >= 15 is 0 Å². The number of hydrogen-bond donors (Lipinski definition) is 1. The third-order valence-corrected chi connectivity index (χ3v) is 5.33. The second-order valence-electron chi connectivity index (χ2n) is 4.94. The maximum Gasteiger partial charge on any atom is 0.215 e. The van der Waals surface area contributed by atoms with E-state index in [1.165, 1.54) is 23.8 Å². The second-order valence-corrected chi connectivity index (χ2v) is 7.92. The van der Waals surface area contributed by atoms with Crippen molar-refractivity contribution in [2.75, 3.05) is 12.3 Å². The molecule has 0 saturated carbocycles. The molecule has 0 saturated heterocycles. The molecule has 0 heterocycles. The van der Waals surface area contributed by atoms with Crippen LogP contribution >= 0.6 is 11.8 Å². The topological polar surface area (TPSA) is 46.2 Å². The zero-order chi connectivity index (χ0) is 16.0. The Hall–Kier alpha value is -1.37. The van der Waals surface area contributed by atoms with Crippen molar-refractivity contribution < 1.29 is 12.8 Å². The van der Waals surface area contributed by atoms with Crippen molar-refractivity contribution in [1.29, 1.82) is 0 Å². The first kappa shape index (κ1) is 17.0. The summed E-state index contributed by atoms with van der Waals surface area (Å²) in [4.78, 5) is 1.11. The third kappa shape index (κ3) is 5.79. The lowest BCUT2D eigenvalue weighted by molar-refractivity contribution is 0.583. The molecule has 2 aromatic carbocycles. The molecule has 2 rings (SSSR count). The molecule has 1 N–H and O–H groups in total. The van der Waals surface area contributed by atoms with E-state index in [1.54, 1.807) is 17.8 Å². The largest absolute Gasteiger partial charge is 0.215 e. The number of thioether (sulfide) groups is 1. The molecule has 0 amide bonds. The summed E-state index contributed by atoms with van der Waals surface area (Å²) >= 11 is 1.59. The zero-order valence-corrected chi connectivity index (χ0v) is 13.9. The molecule has 0 radical (unpaired) electrons. The monoisotopic (exact) mass is 339 g/mol. The fraction of sp³-hybridized carbons (Fsp3) is 0.250. The van der Waals surface area contributed by atoms with Crippen LogP contribution in [0.1, 0.15) is 11.1 Å². The molecule has 0 aliphatic rings. The van der Waals surface area contributed by atoms with Gasteiger partial charge in [-0.3, -0.25) is 0 Å². The van der Waals surface area contributed by atoms with E-state index in [0.29, 0.717) is 17.9 Å². The van der Waals surface area contributed by atoms with Crippen LogP contribution in [0.4, 0.5) is 4.39 Å². The van der Waals surface area contributed by atoms with Gasteiger partial charge in [0.15, 0.2) is 0 Å². The molecule has 0 unspecified atom stereocenters. The summed E-state index contributed by atoms with van der Waals surface area (Å²) in [5.41, 5.74) is 1.64. The highest BCUT2D eigenvalue weighted by Crippen LogP contribution is 2.17. The molecular weight excluding hydrogens is 321 g/mol. The van der Waals surface area contributed by atoms with Crippen LogP contribution in [0.5, 0.6) is 0 Å². The molecule has 0 aromatic heterocycles. The van der Waals surface area contributed by atoms with Gasteiger partial charge in [0.1, 0.15) is 5.82 Å². The van der Waals surface area contributed by atoms with Crippen molar-refractivity contribution in [1.82, 2.24) is 4.72 Å². The first-order chi connectivity index (χ1) is 10.4. The Kier molecular flexibility index (Phi) is 5.99. The number of rotatable bonds is 7. The Bertz CT molecular complexity index is 715. The van der Waals surface area contributed by atoms with Gasteiger partial charge >= 0.3 is 0 Å². The van der Waals surface area contributed by atoms with Crippen LogP contribution in [0.15, 0.2) is 53.4 Å². The minimum Gasteiger partial charge on any atom is -0.214 e. The maximum atomic E-state index is 13.0. The van der Waals surface area contributed by atoms with Crippen molar-refractivity contribution >= 4 is 21.8 Å². The van der Waals surface area contributed by atoms with Gasteiger partial charge in [-0.1, -0.05) is 29.8 Å². The van der Waals surface area contributed by atoms with E-state index in [1.807, 2.05) is 31.2 Å². The van der Waals surface area contributed by atoms with Crippen molar-refractivity contribution in [3.05, 3.63) is 65.5 Å². The first-order valence-corrected chi connectivity index (χ1v) is 9.50. The molecule has 3 nitrogen and oxygen atoms in total. The number of sulfonamides is 1. The predicted molar refractivity (Wildman–Crippen MR) is 88.9 cm³/mol. The molecule has 0 aliphatic heterocycles. The Morgan fingerprint density at radius 3 is 2.55 bits per heavy atom. The lowest BCUT2D eigenvalue weighted by Crippen LogP contribution is -2.27. The quantitative estimate of drug-likeness (QED) is 0.621. The van der Waals surface area contributed by atoms with Crippen molar-refractivity contribution in [2.24, 2.45) is 0 Å². The Balaban J connectivity index is 1.79.